The first kappa shape index (κ1) is 19.2. The van der Waals surface area contributed by atoms with Gasteiger partial charge in [0.2, 0.25) is 5.95 Å². The van der Waals surface area contributed by atoms with Crippen LogP contribution in [-0.4, -0.2) is 51.5 Å². The van der Waals surface area contributed by atoms with Crippen LogP contribution in [0.5, 0.6) is 0 Å². The van der Waals surface area contributed by atoms with Gasteiger partial charge in [-0.25, -0.2) is 14.4 Å². The number of para-hydroxylation sites is 1. The van der Waals surface area contributed by atoms with Gasteiger partial charge in [-0.1, -0.05) is 36.4 Å². The Kier molecular flexibility index (Phi) is 5.08. The third-order valence-electron chi connectivity index (χ3n) is 5.72. The zero-order valence-electron chi connectivity index (χ0n) is 17.0. The molecule has 0 radical (unpaired) electrons. The highest BCUT2D eigenvalue weighted by molar-refractivity contribution is 5.99. The Morgan fingerprint density at radius 3 is 2.39 bits per heavy atom. The number of amides is 1. The summed E-state index contributed by atoms with van der Waals surface area (Å²) in [4.78, 5) is 26.0. The maximum atomic E-state index is 14.3. The van der Waals surface area contributed by atoms with Gasteiger partial charge < -0.3 is 14.4 Å². The van der Waals surface area contributed by atoms with Gasteiger partial charge in [0.25, 0.3) is 5.91 Å². The molecule has 5 rings (SSSR count). The summed E-state index contributed by atoms with van der Waals surface area (Å²) in [5, 5.41) is 0.971. The SMILES string of the molecule is O=C(c1cc2ccccc2n1Cc1ccccc1F)N1CCN(c2ncccn2)CC1. The molecule has 31 heavy (non-hydrogen) atoms. The number of nitrogens with zero attached hydrogens (tertiary/aromatic N) is 5. The van der Waals surface area contributed by atoms with Crippen LogP contribution in [0.3, 0.4) is 0 Å². The van der Waals surface area contributed by atoms with E-state index in [1.54, 1.807) is 30.6 Å². The summed E-state index contributed by atoms with van der Waals surface area (Å²) in [6, 6.07) is 18.2. The summed E-state index contributed by atoms with van der Waals surface area (Å²) in [6.07, 6.45) is 3.45. The van der Waals surface area contributed by atoms with Crippen LogP contribution < -0.4 is 4.90 Å². The van der Waals surface area contributed by atoms with Gasteiger partial charge in [-0.2, -0.15) is 0 Å². The van der Waals surface area contributed by atoms with Gasteiger partial charge in [0.1, 0.15) is 11.5 Å². The van der Waals surface area contributed by atoms with Crippen molar-refractivity contribution < 1.29 is 9.18 Å². The van der Waals surface area contributed by atoms with Crippen molar-refractivity contribution in [1.82, 2.24) is 19.4 Å². The zero-order valence-corrected chi connectivity index (χ0v) is 17.0. The Balaban J connectivity index is 1.42. The molecule has 0 N–H and O–H groups in total. The average Bonchev–Trinajstić information content (AvgIpc) is 3.19. The summed E-state index contributed by atoms with van der Waals surface area (Å²) in [5.74, 6) is 0.375. The summed E-state index contributed by atoms with van der Waals surface area (Å²) in [5.41, 5.74) is 2.06. The molecule has 1 fully saturated rings. The lowest BCUT2D eigenvalue weighted by atomic mass is 10.2. The van der Waals surface area contributed by atoms with Crippen LogP contribution in [0.1, 0.15) is 16.1 Å². The van der Waals surface area contributed by atoms with Crippen LogP contribution in [0.2, 0.25) is 0 Å². The van der Waals surface area contributed by atoms with E-state index < -0.39 is 0 Å². The molecule has 2 aromatic heterocycles. The quantitative estimate of drug-likeness (QED) is 0.511. The van der Waals surface area contributed by atoms with Crippen LogP contribution in [-0.2, 0) is 6.54 Å². The van der Waals surface area contributed by atoms with Crippen LogP contribution in [0.4, 0.5) is 10.3 Å². The maximum absolute atomic E-state index is 14.3. The molecule has 4 aromatic rings. The first-order valence-corrected chi connectivity index (χ1v) is 10.3. The van der Waals surface area contributed by atoms with Gasteiger partial charge in [-0.05, 0) is 24.3 Å². The standard InChI is InChI=1S/C24H22FN5O/c25-20-8-3-1-7-19(20)17-30-21-9-4-2-6-18(21)16-22(30)23(31)28-12-14-29(15-13-28)24-26-10-5-11-27-24/h1-11,16H,12-15,17H2. The number of fused-ring (bicyclic) bond motifs is 1. The number of hydrogen-bond acceptors (Lipinski definition) is 4. The fourth-order valence-corrected chi connectivity index (χ4v) is 4.08. The molecular formula is C24H22FN5O. The first-order chi connectivity index (χ1) is 15.2. The van der Waals surface area contributed by atoms with E-state index in [9.17, 15) is 9.18 Å². The van der Waals surface area contributed by atoms with Crippen LogP contribution in [0, 0.1) is 5.82 Å². The molecule has 1 aliphatic heterocycles. The second-order valence-corrected chi connectivity index (χ2v) is 7.59. The molecule has 0 unspecified atom stereocenters. The number of rotatable bonds is 4. The summed E-state index contributed by atoms with van der Waals surface area (Å²) >= 11 is 0. The molecule has 2 aromatic carbocycles. The van der Waals surface area contributed by atoms with E-state index in [-0.39, 0.29) is 11.7 Å². The Hall–Kier alpha value is -3.74. The number of carbonyl (C=O) groups excluding carboxylic acids is 1. The predicted molar refractivity (Wildman–Crippen MR) is 118 cm³/mol. The minimum absolute atomic E-state index is 0.0406. The number of anilines is 1. The van der Waals surface area contributed by atoms with Crippen LogP contribution in [0.15, 0.2) is 73.1 Å². The molecular weight excluding hydrogens is 393 g/mol. The van der Waals surface area contributed by atoms with Crippen molar-refractivity contribution in [3.8, 4) is 0 Å². The lowest BCUT2D eigenvalue weighted by Crippen LogP contribution is -2.49. The lowest BCUT2D eigenvalue weighted by molar-refractivity contribution is 0.0736. The number of halogens is 1. The average molecular weight is 415 g/mol. The first-order valence-electron chi connectivity index (χ1n) is 10.3. The van der Waals surface area contributed by atoms with Crippen molar-refractivity contribution in [3.63, 3.8) is 0 Å². The van der Waals surface area contributed by atoms with Crippen molar-refractivity contribution in [2.24, 2.45) is 0 Å². The molecule has 1 saturated heterocycles. The Morgan fingerprint density at radius 1 is 0.903 bits per heavy atom. The number of piperazine rings is 1. The van der Waals surface area contributed by atoms with E-state index in [0.717, 1.165) is 10.9 Å². The highest BCUT2D eigenvalue weighted by atomic mass is 19.1. The number of carbonyl (C=O) groups is 1. The van der Waals surface area contributed by atoms with Crippen LogP contribution in [0.25, 0.3) is 10.9 Å². The van der Waals surface area contributed by atoms with E-state index in [1.807, 2.05) is 45.9 Å². The molecule has 3 heterocycles. The highest BCUT2D eigenvalue weighted by Crippen LogP contribution is 2.24. The van der Waals surface area contributed by atoms with Gasteiger partial charge in [0.05, 0.1) is 6.54 Å². The third kappa shape index (κ3) is 3.74. The molecule has 0 atom stereocenters. The summed E-state index contributed by atoms with van der Waals surface area (Å²) in [6.45, 7) is 2.81. The van der Waals surface area contributed by atoms with Crippen molar-refractivity contribution >= 4 is 22.8 Å². The van der Waals surface area contributed by atoms with Gasteiger partial charge in [0, 0.05) is 55.0 Å². The molecule has 1 aliphatic rings. The molecule has 0 spiro atoms. The highest BCUT2D eigenvalue weighted by Gasteiger charge is 2.26. The lowest BCUT2D eigenvalue weighted by Gasteiger charge is -2.34. The molecule has 0 bridgehead atoms. The predicted octanol–water partition coefficient (Wildman–Crippen LogP) is 3.58. The van der Waals surface area contributed by atoms with E-state index in [0.29, 0.717) is 49.9 Å². The van der Waals surface area contributed by atoms with E-state index in [4.69, 9.17) is 0 Å². The fraction of sp³-hybridized carbons (Fsp3) is 0.208. The van der Waals surface area contributed by atoms with Gasteiger partial charge in [0.15, 0.2) is 0 Å². The fourth-order valence-electron chi connectivity index (χ4n) is 4.08. The normalized spacial score (nSPS) is 14.2. The Labute approximate surface area is 179 Å². The van der Waals surface area contributed by atoms with E-state index in [1.165, 1.54) is 6.07 Å². The van der Waals surface area contributed by atoms with Gasteiger partial charge >= 0.3 is 0 Å². The number of aromatic nitrogens is 3. The number of hydrogen-bond donors (Lipinski definition) is 0. The van der Waals surface area contributed by atoms with Crippen LogP contribution >= 0.6 is 0 Å². The Bertz CT molecular complexity index is 1220. The maximum Gasteiger partial charge on any atom is 0.270 e. The third-order valence-corrected chi connectivity index (χ3v) is 5.72. The second kappa shape index (κ2) is 8.18. The number of benzene rings is 2. The Morgan fingerprint density at radius 2 is 1.61 bits per heavy atom. The molecule has 7 heteroatoms. The van der Waals surface area contributed by atoms with Gasteiger partial charge in [-0.3, -0.25) is 4.79 Å². The summed E-state index contributed by atoms with van der Waals surface area (Å²) < 4.78 is 16.3. The summed E-state index contributed by atoms with van der Waals surface area (Å²) in [7, 11) is 0. The molecule has 0 saturated carbocycles. The minimum Gasteiger partial charge on any atom is -0.337 e. The second-order valence-electron chi connectivity index (χ2n) is 7.59. The molecule has 156 valence electrons. The molecule has 0 aliphatic carbocycles. The van der Waals surface area contributed by atoms with Crippen molar-refractivity contribution in [2.45, 2.75) is 6.54 Å². The largest absolute Gasteiger partial charge is 0.337 e. The molecule has 1 amide bonds. The van der Waals surface area contributed by atoms with Gasteiger partial charge in [-0.15, -0.1) is 0 Å². The monoisotopic (exact) mass is 415 g/mol. The van der Waals surface area contributed by atoms with Crippen molar-refractivity contribution in [3.05, 3.63) is 90.1 Å². The topological polar surface area (TPSA) is 54.3 Å². The van der Waals surface area contributed by atoms with Crippen molar-refractivity contribution in [2.75, 3.05) is 31.1 Å². The molecule has 6 nitrogen and oxygen atoms in total. The van der Waals surface area contributed by atoms with Crippen molar-refractivity contribution in [1.29, 1.82) is 0 Å². The zero-order chi connectivity index (χ0) is 21.2. The van der Waals surface area contributed by atoms with E-state index >= 15 is 0 Å². The minimum atomic E-state index is -0.268. The van der Waals surface area contributed by atoms with E-state index in [2.05, 4.69) is 14.9 Å². The smallest absolute Gasteiger partial charge is 0.270 e.